The Morgan fingerprint density at radius 3 is 2.36 bits per heavy atom. The van der Waals surface area contributed by atoms with Crippen LogP contribution >= 0.6 is 0 Å². The number of hydrogen-bond acceptors (Lipinski definition) is 2. The molecule has 0 aromatic rings. The summed E-state index contributed by atoms with van der Waals surface area (Å²) in [7, 11) is 0. The van der Waals surface area contributed by atoms with Crippen LogP contribution < -0.4 is 10.6 Å². The summed E-state index contributed by atoms with van der Waals surface area (Å²) >= 11 is 0. The van der Waals surface area contributed by atoms with Gasteiger partial charge >= 0.3 is 0 Å². The number of hydrogen-bond donors (Lipinski definition) is 2. The number of rotatable bonds is 6. The van der Waals surface area contributed by atoms with Crippen LogP contribution in [0.4, 0.5) is 0 Å². The molecule has 0 aromatic carbocycles. The molecule has 14 heavy (non-hydrogen) atoms. The summed E-state index contributed by atoms with van der Waals surface area (Å²) in [6.45, 7) is 2.42. The average Bonchev–Trinajstić information content (AvgIpc) is 2.89. The smallest absolute Gasteiger partial charge is 0.233 e. The molecule has 2 N–H and O–H groups in total. The number of carbonyl (C=O) groups is 1. The van der Waals surface area contributed by atoms with Crippen LogP contribution in [0.1, 0.15) is 32.1 Å². The molecule has 2 fully saturated rings. The van der Waals surface area contributed by atoms with Gasteiger partial charge in [0, 0.05) is 6.54 Å². The Morgan fingerprint density at radius 2 is 1.79 bits per heavy atom. The molecule has 0 aliphatic heterocycles. The van der Waals surface area contributed by atoms with E-state index in [9.17, 15) is 4.79 Å². The molecule has 80 valence electrons. The molecule has 0 atom stereocenters. The minimum absolute atomic E-state index is 0.163. The third-order valence-electron chi connectivity index (χ3n) is 3.23. The molecule has 0 heterocycles. The van der Waals surface area contributed by atoms with Gasteiger partial charge in [-0.1, -0.05) is 6.42 Å². The highest BCUT2D eigenvalue weighted by Crippen LogP contribution is 2.27. The summed E-state index contributed by atoms with van der Waals surface area (Å²) in [4.78, 5) is 11.3. The first-order chi connectivity index (χ1) is 6.84. The van der Waals surface area contributed by atoms with E-state index in [2.05, 4.69) is 10.6 Å². The third-order valence-corrected chi connectivity index (χ3v) is 3.23. The van der Waals surface area contributed by atoms with Gasteiger partial charge in [-0.2, -0.15) is 0 Å². The van der Waals surface area contributed by atoms with Crippen molar-refractivity contribution in [2.75, 3.05) is 19.6 Å². The van der Waals surface area contributed by atoms with Gasteiger partial charge in [0.15, 0.2) is 0 Å². The van der Waals surface area contributed by atoms with Gasteiger partial charge in [0.25, 0.3) is 0 Å². The van der Waals surface area contributed by atoms with Crippen molar-refractivity contribution in [3.63, 3.8) is 0 Å². The van der Waals surface area contributed by atoms with Gasteiger partial charge in [0.05, 0.1) is 6.54 Å². The Bertz CT molecular complexity index is 197. The van der Waals surface area contributed by atoms with Crippen LogP contribution in [-0.4, -0.2) is 25.5 Å². The maximum Gasteiger partial charge on any atom is 0.233 e. The fourth-order valence-corrected chi connectivity index (χ4v) is 1.73. The SMILES string of the molecule is O=C(CNCC1CCC1)NCC1CC1. The van der Waals surface area contributed by atoms with Crippen molar-refractivity contribution in [2.45, 2.75) is 32.1 Å². The number of nitrogens with one attached hydrogen (secondary N) is 2. The first kappa shape index (κ1) is 9.97. The molecule has 2 aliphatic rings. The fraction of sp³-hybridized carbons (Fsp3) is 0.909. The number of amides is 1. The molecule has 3 nitrogen and oxygen atoms in total. The summed E-state index contributed by atoms with van der Waals surface area (Å²) in [5.41, 5.74) is 0. The van der Waals surface area contributed by atoms with E-state index in [0.717, 1.165) is 24.9 Å². The van der Waals surface area contributed by atoms with Gasteiger partial charge < -0.3 is 10.6 Å². The lowest BCUT2D eigenvalue weighted by Gasteiger charge is -2.25. The summed E-state index contributed by atoms with van der Waals surface area (Å²) in [5.74, 6) is 1.79. The summed E-state index contributed by atoms with van der Waals surface area (Å²) < 4.78 is 0. The topological polar surface area (TPSA) is 41.1 Å². The van der Waals surface area contributed by atoms with Gasteiger partial charge in [-0.25, -0.2) is 0 Å². The Balaban J connectivity index is 1.44. The van der Waals surface area contributed by atoms with Crippen molar-refractivity contribution < 1.29 is 4.79 Å². The fourth-order valence-electron chi connectivity index (χ4n) is 1.73. The number of carbonyl (C=O) groups excluding carboxylic acids is 1. The van der Waals surface area contributed by atoms with Crippen molar-refractivity contribution in [3.8, 4) is 0 Å². The van der Waals surface area contributed by atoms with E-state index >= 15 is 0 Å². The van der Waals surface area contributed by atoms with Crippen LogP contribution in [0.2, 0.25) is 0 Å². The van der Waals surface area contributed by atoms with Crippen LogP contribution in [0.5, 0.6) is 0 Å². The van der Waals surface area contributed by atoms with Crippen LogP contribution in [-0.2, 0) is 4.79 Å². The quantitative estimate of drug-likeness (QED) is 0.663. The normalized spacial score (nSPS) is 21.7. The molecule has 0 saturated heterocycles. The zero-order valence-electron chi connectivity index (χ0n) is 8.72. The van der Waals surface area contributed by atoms with Crippen molar-refractivity contribution in [1.82, 2.24) is 10.6 Å². The average molecular weight is 196 g/mol. The van der Waals surface area contributed by atoms with Gasteiger partial charge in [-0.3, -0.25) is 4.79 Å². The molecule has 2 rings (SSSR count). The van der Waals surface area contributed by atoms with Gasteiger partial charge in [-0.05, 0) is 44.1 Å². The summed E-state index contributed by atoms with van der Waals surface area (Å²) in [6, 6.07) is 0. The Kier molecular flexibility index (Phi) is 3.40. The van der Waals surface area contributed by atoms with E-state index in [4.69, 9.17) is 0 Å². The molecule has 2 saturated carbocycles. The van der Waals surface area contributed by atoms with E-state index in [0.29, 0.717) is 6.54 Å². The predicted molar refractivity (Wildman–Crippen MR) is 55.9 cm³/mol. The standard InChI is InChI=1S/C11H20N2O/c14-11(13-7-10-4-5-10)8-12-6-9-2-1-3-9/h9-10,12H,1-8H2,(H,13,14). The largest absolute Gasteiger partial charge is 0.355 e. The van der Waals surface area contributed by atoms with Crippen LogP contribution in [0, 0.1) is 11.8 Å². The van der Waals surface area contributed by atoms with Crippen molar-refractivity contribution in [2.24, 2.45) is 11.8 Å². The van der Waals surface area contributed by atoms with Crippen molar-refractivity contribution in [3.05, 3.63) is 0 Å². The second-order valence-corrected chi connectivity index (χ2v) is 4.68. The summed E-state index contributed by atoms with van der Waals surface area (Å²) in [6.07, 6.45) is 6.67. The zero-order valence-corrected chi connectivity index (χ0v) is 8.72. The lowest BCUT2D eigenvalue weighted by molar-refractivity contribution is -0.120. The highest BCUT2D eigenvalue weighted by Gasteiger charge is 2.21. The molecule has 0 radical (unpaired) electrons. The van der Waals surface area contributed by atoms with Crippen LogP contribution in [0.15, 0.2) is 0 Å². The molecule has 0 spiro atoms. The first-order valence-electron chi connectivity index (χ1n) is 5.82. The monoisotopic (exact) mass is 196 g/mol. The Labute approximate surface area is 85.6 Å². The lowest BCUT2D eigenvalue weighted by atomic mass is 9.85. The first-order valence-corrected chi connectivity index (χ1v) is 5.82. The van der Waals surface area contributed by atoms with Crippen molar-refractivity contribution in [1.29, 1.82) is 0 Å². The molecule has 0 aromatic heterocycles. The molecule has 0 bridgehead atoms. The minimum atomic E-state index is 0.163. The molecule has 3 heteroatoms. The molecular weight excluding hydrogens is 176 g/mol. The third kappa shape index (κ3) is 3.29. The molecular formula is C11H20N2O. The van der Waals surface area contributed by atoms with Crippen molar-refractivity contribution >= 4 is 5.91 Å². The Morgan fingerprint density at radius 1 is 1.07 bits per heavy atom. The molecule has 2 aliphatic carbocycles. The van der Waals surface area contributed by atoms with Gasteiger partial charge in [0.2, 0.25) is 5.91 Å². The second kappa shape index (κ2) is 4.78. The second-order valence-electron chi connectivity index (χ2n) is 4.68. The summed E-state index contributed by atoms with van der Waals surface area (Å²) in [5, 5.41) is 6.17. The lowest BCUT2D eigenvalue weighted by Crippen LogP contribution is -2.37. The molecule has 0 unspecified atom stereocenters. The maximum atomic E-state index is 11.3. The van der Waals surface area contributed by atoms with Crippen LogP contribution in [0.3, 0.4) is 0 Å². The van der Waals surface area contributed by atoms with E-state index < -0.39 is 0 Å². The Hall–Kier alpha value is -0.570. The minimum Gasteiger partial charge on any atom is -0.355 e. The highest BCUT2D eigenvalue weighted by atomic mass is 16.1. The maximum absolute atomic E-state index is 11.3. The van der Waals surface area contributed by atoms with E-state index in [1.807, 2.05) is 0 Å². The zero-order chi connectivity index (χ0) is 9.80. The van der Waals surface area contributed by atoms with E-state index in [1.165, 1.54) is 32.1 Å². The van der Waals surface area contributed by atoms with E-state index in [1.54, 1.807) is 0 Å². The van der Waals surface area contributed by atoms with E-state index in [-0.39, 0.29) is 5.91 Å². The predicted octanol–water partition coefficient (Wildman–Crippen LogP) is 0.902. The molecule has 1 amide bonds. The van der Waals surface area contributed by atoms with Crippen LogP contribution in [0.25, 0.3) is 0 Å². The van der Waals surface area contributed by atoms with Gasteiger partial charge in [-0.15, -0.1) is 0 Å². The highest BCUT2D eigenvalue weighted by molar-refractivity contribution is 5.77. The van der Waals surface area contributed by atoms with Gasteiger partial charge in [0.1, 0.15) is 0 Å².